The summed E-state index contributed by atoms with van der Waals surface area (Å²) in [5.41, 5.74) is 1.04. The van der Waals surface area contributed by atoms with Crippen LogP contribution in [0.5, 0.6) is 11.5 Å². The lowest BCUT2D eigenvalue weighted by Gasteiger charge is -2.14. The molecule has 0 radical (unpaired) electrons. The molecule has 1 aromatic heterocycles. The minimum Gasteiger partial charge on any atom is -0.493 e. The van der Waals surface area contributed by atoms with E-state index in [9.17, 15) is 22.8 Å². The number of halogens is 4. The normalized spacial score (nSPS) is 11.6. The van der Waals surface area contributed by atoms with E-state index in [0.29, 0.717) is 31.8 Å². The Morgan fingerprint density at radius 3 is 2.55 bits per heavy atom. The Kier molecular flexibility index (Phi) is 8.99. The van der Waals surface area contributed by atoms with Gasteiger partial charge in [-0.2, -0.15) is 22.9 Å². The SMILES string of the molecule is COc1cc(C=Nn2c(-c3cccc(C(F)(F)F)c3)nc3ccccc3c2=O)cc(I)c1OCC(=O)Nc1ccccc1C. The number of fused-ring (bicyclic) bond motifs is 1. The molecule has 0 bridgehead atoms. The summed E-state index contributed by atoms with van der Waals surface area (Å²) in [6.07, 6.45) is -3.21. The van der Waals surface area contributed by atoms with Crippen LogP contribution in [0.4, 0.5) is 18.9 Å². The van der Waals surface area contributed by atoms with Crippen molar-refractivity contribution in [3.8, 4) is 22.9 Å². The van der Waals surface area contributed by atoms with Crippen LogP contribution < -0.4 is 20.3 Å². The van der Waals surface area contributed by atoms with Gasteiger partial charge in [-0.15, -0.1) is 0 Å². The number of carbonyl (C=O) groups is 1. The molecule has 0 unspecified atom stereocenters. The van der Waals surface area contributed by atoms with Crippen LogP contribution in [0.25, 0.3) is 22.3 Å². The smallest absolute Gasteiger partial charge is 0.416 e. The summed E-state index contributed by atoms with van der Waals surface area (Å²) in [6, 6.07) is 21.7. The molecule has 5 aromatic rings. The quantitative estimate of drug-likeness (QED) is 0.140. The van der Waals surface area contributed by atoms with E-state index in [0.717, 1.165) is 22.4 Å². The number of anilines is 1. The second-order valence-corrected chi connectivity index (χ2v) is 10.7. The first-order chi connectivity index (χ1) is 21.0. The Hall–Kier alpha value is -4.72. The van der Waals surface area contributed by atoms with Crippen molar-refractivity contribution < 1.29 is 27.4 Å². The van der Waals surface area contributed by atoms with Crippen LogP contribution >= 0.6 is 22.6 Å². The molecule has 1 N–H and O–H groups in total. The van der Waals surface area contributed by atoms with Crippen molar-refractivity contribution in [3.05, 3.63) is 116 Å². The number of benzene rings is 4. The maximum atomic E-state index is 13.5. The van der Waals surface area contributed by atoms with Gasteiger partial charge in [-0.1, -0.05) is 42.5 Å². The average Bonchev–Trinajstić information content (AvgIpc) is 3.00. The lowest BCUT2D eigenvalue weighted by molar-refractivity contribution is -0.137. The van der Waals surface area contributed by atoms with Crippen molar-refractivity contribution in [2.45, 2.75) is 13.1 Å². The summed E-state index contributed by atoms with van der Waals surface area (Å²) < 4.78 is 53.3. The van der Waals surface area contributed by atoms with E-state index >= 15 is 0 Å². The number of hydrogen-bond acceptors (Lipinski definition) is 6. The molecule has 0 spiro atoms. The number of amides is 1. The predicted octanol–water partition coefficient (Wildman–Crippen LogP) is 6.90. The number of para-hydroxylation sites is 2. The molecule has 44 heavy (non-hydrogen) atoms. The Labute approximate surface area is 263 Å². The number of ether oxygens (including phenoxy) is 2. The largest absolute Gasteiger partial charge is 0.493 e. The van der Waals surface area contributed by atoms with Gasteiger partial charge >= 0.3 is 6.18 Å². The number of hydrogen-bond donors (Lipinski definition) is 1. The van der Waals surface area contributed by atoms with E-state index in [1.807, 2.05) is 47.7 Å². The van der Waals surface area contributed by atoms with Crippen molar-refractivity contribution in [1.82, 2.24) is 9.66 Å². The summed E-state index contributed by atoms with van der Waals surface area (Å²) in [5.74, 6) is 0.230. The van der Waals surface area contributed by atoms with Crippen LogP contribution in [-0.4, -0.2) is 35.5 Å². The number of carbonyl (C=O) groups excluding carboxylic acids is 1. The fraction of sp³-hybridized carbons (Fsp3) is 0.125. The van der Waals surface area contributed by atoms with Crippen LogP contribution in [0.3, 0.4) is 0 Å². The number of aromatic nitrogens is 2. The topological polar surface area (TPSA) is 94.8 Å². The van der Waals surface area contributed by atoms with Gasteiger partial charge in [0.25, 0.3) is 11.5 Å². The fourth-order valence-corrected chi connectivity index (χ4v) is 5.15. The molecule has 5 rings (SSSR count). The summed E-state index contributed by atoms with van der Waals surface area (Å²) in [6.45, 7) is 1.61. The Bertz CT molecular complexity index is 1960. The van der Waals surface area contributed by atoms with Gasteiger partial charge in [-0.05, 0) is 83.1 Å². The van der Waals surface area contributed by atoms with E-state index < -0.39 is 17.3 Å². The Balaban J connectivity index is 1.47. The molecular formula is C32H24F3IN4O4. The highest BCUT2D eigenvalue weighted by Crippen LogP contribution is 2.34. The number of aryl methyl sites for hydroxylation is 1. The second kappa shape index (κ2) is 12.9. The molecular weight excluding hydrogens is 688 g/mol. The molecule has 0 fully saturated rings. The third kappa shape index (κ3) is 6.75. The maximum absolute atomic E-state index is 13.5. The average molecular weight is 712 g/mol. The summed E-state index contributed by atoms with van der Waals surface area (Å²) in [7, 11) is 1.44. The number of methoxy groups -OCH3 is 1. The standard InChI is InChI=1S/C32H24F3IN4O4/c1-19-8-3-5-12-25(19)38-28(41)18-44-29-24(36)14-20(15-27(29)43-2)17-37-40-30(21-9-7-10-22(16-21)32(33,34)35)39-26-13-6-4-11-23(26)31(40)42/h3-17H,18H2,1-2H3,(H,38,41). The van der Waals surface area contributed by atoms with Crippen molar-refractivity contribution >= 4 is 51.3 Å². The zero-order chi connectivity index (χ0) is 31.4. The minimum absolute atomic E-state index is 0.0580. The van der Waals surface area contributed by atoms with Crippen LogP contribution in [0.1, 0.15) is 16.7 Å². The molecule has 0 aliphatic heterocycles. The highest BCUT2D eigenvalue weighted by molar-refractivity contribution is 14.1. The zero-order valence-corrected chi connectivity index (χ0v) is 25.5. The molecule has 0 saturated heterocycles. The molecule has 1 amide bonds. The van der Waals surface area contributed by atoms with Gasteiger partial charge in [-0.3, -0.25) is 9.59 Å². The maximum Gasteiger partial charge on any atom is 0.416 e. The zero-order valence-electron chi connectivity index (χ0n) is 23.4. The molecule has 0 saturated carbocycles. The third-order valence-corrected chi connectivity index (χ3v) is 7.34. The molecule has 8 nitrogen and oxygen atoms in total. The van der Waals surface area contributed by atoms with E-state index in [2.05, 4.69) is 15.4 Å². The molecule has 0 aliphatic carbocycles. The van der Waals surface area contributed by atoms with Crippen molar-refractivity contribution in [2.24, 2.45) is 5.10 Å². The molecule has 12 heteroatoms. The molecule has 0 atom stereocenters. The van der Waals surface area contributed by atoms with E-state index in [1.54, 1.807) is 42.5 Å². The first kappa shape index (κ1) is 30.7. The summed E-state index contributed by atoms with van der Waals surface area (Å²) >= 11 is 2.02. The van der Waals surface area contributed by atoms with Gasteiger partial charge in [0, 0.05) is 11.3 Å². The van der Waals surface area contributed by atoms with E-state index in [-0.39, 0.29) is 29.3 Å². The minimum atomic E-state index is -4.58. The van der Waals surface area contributed by atoms with E-state index in [1.165, 1.54) is 25.5 Å². The number of nitrogens with zero attached hydrogens (tertiary/aromatic N) is 3. The van der Waals surface area contributed by atoms with Gasteiger partial charge in [-0.25, -0.2) is 4.98 Å². The van der Waals surface area contributed by atoms with Crippen LogP contribution in [-0.2, 0) is 11.0 Å². The molecule has 0 aliphatic rings. The van der Waals surface area contributed by atoms with Crippen LogP contribution in [0.15, 0.2) is 94.8 Å². The predicted molar refractivity (Wildman–Crippen MR) is 170 cm³/mol. The monoisotopic (exact) mass is 712 g/mol. The number of alkyl halides is 3. The lowest BCUT2D eigenvalue weighted by Crippen LogP contribution is -2.21. The molecule has 4 aromatic carbocycles. The van der Waals surface area contributed by atoms with Crippen molar-refractivity contribution in [2.75, 3.05) is 19.0 Å². The first-order valence-corrected chi connectivity index (χ1v) is 14.2. The number of rotatable bonds is 8. The summed E-state index contributed by atoms with van der Waals surface area (Å²) in [5, 5.41) is 7.40. The Morgan fingerprint density at radius 1 is 1.05 bits per heavy atom. The lowest BCUT2D eigenvalue weighted by atomic mass is 10.1. The van der Waals surface area contributed by atoms with Gasteiger partial charge in [0.05, 0.1) is 33.4 Å². The van der Waals surface area contributed by atoms with Crippen LogP contribution in [0.2, 0.25) is 0 Å². The highest BCUT2D eigenvalue weighted by atomic mass is 127. The van der Waals surface area contributed by atoms with Gasteiger partial charge in [0.15, 0.2) is 23.9 Å². The van der Waals surface area contributed by atoms with Gasteiger partial charge in [0.2, 0.25) is 0 Å². The first-order valence-electron chi connectivity index (χ1n) is 13.1. The third-order valence-electron chi connectivity index (χ3n) is 6.54. The second-order valence-electron chi connectivity index (χ2n) is 9.58. The van der Waals surface area contributed by atoms with Crippen molar-refractivity contribution in [1.29, 1.82) is 0 Å². The van der Waals surface area contributed by atoms with Gasteiger partial charge in [0.1, 0.15) is 0 Å². The van der Waals surface area contributed by atoms with E-state index in [4.69, 9.17) is 9.47 Å². The Morgan fingerprint density at radius 2 is 1.80 bits per heavy atom. The van der Waals surface area contributed by atoms with Crippen molar-refractivity contribution in [3.63, 3.8) is 0 Å². The number of nitrogens with one attached hydrogen (secondary N) is 1. The molecule has 1 heterocycles. The van der Waals surface area contributed by atoms with Crippen LogP contribution in [0, 0.1) is 10.5 Å². The highest BCUT2D eigenvalue weighted by Gasteiger charge is 2.31. The fourth-order valence-electron chi connectivity index (χ4n) is 4.37. The summed E-state index contributed by atoms with van der Waals surface area (Å²) in [4.78, 5) is 30.5. The van der Waals surface area contributed by atoms with Gasteiger partial charge < -0.3 is 14.8 Å². The molecule has 224 valence electrons.